The minimum absolute atomic E-state index is 0. The van der Waals surface area contributed by atoms with Gasteiger partial charge in [0, 0.05) is 6.42 Å². The van der Waals surface area contributed by atoms with Crippen LogP contribution >= 0.6 is 12.4 Å². The van der Waals surface area contributed by atoms with Gasteiger partial charge in [0.1, 0.15) is 0 Å². The summed E-state index contributed by atoms with van der Waals surface area (Å²) in [4.78, 5) is 10.5. The Hall–Kier alpha value is -0.500. The smallest absolute Gasteiger partial charge is 0.217 e. The number of allylic oxidation sites excluding steroid dienone is 2. The second kappa shape index (κ2) is 50.6. The lowest BCUT2D eigenvalue weighted by Gasteiger charge is -2.16. The van der Waals surface area contributed by atoms with Crippen molar-refractivity contribution in [3.8, 4) is 0 Å². The van der Waals surface area contributed by atoms with Crippen molar-refractivity contribution >= 4 is 18.3 Å². The van der Waals surface area contributed by atoms with Gasteiger partial charge in [0.05, 0.1) is 0 Å². The summed E-state index contributed by atoms with van der Waals surface area (Å²) in [5, 5.41) is 0. The molecule has 0 aliphatic carbocycles. The topological polar surface area (TPSA) is 43.1 Å². The highest BCUT2D eigenvalue weighted by atomic mass is 35.5. The van der Waals surface area contributed by atoms with E-state index in [1.54, 1.807) is 0 Å². The average molecular weight is 727 g/mol. The summed E-state index contributed by atoms with van der Waals surface area (Å²) in [5.74, 6) is 0.876. The Morgan fingerprint density at radius 1 is 0.380 bits per heavy atom. The Morgan fingerprint density at radius 2 is 0.640 bits per heavy atom. The summed E-state index contributed by atoms with van der Waals surface area (Å²) in [7, 11) is 0. The number of carbonyl (C=O) groups is 1. The summed E-state index contributed by atoms with van der Waals surface area (Å²) in [6, 6.07) is 0. The second-order valence-electron chi connectivity index (χ2n) is 15.8. The average Bonchev–Trinajstić information content (AvgIpc) is 3.10. The Bertz CT molecular complexity index is 620. The van der Waals surface area contributed by atoms with Crippen molar-refractivity contribution < 1.29 is 4.79 Å². The fourth-order valence-corrected chi connectivity index (χ4v) is 7.14. The third-order valence-corrected chi connectivity index (χ3v) is 10.6. The van der Waals surface area contributed by atoms with Gasteiger partial charge in [0.25, 0.3) is 0 Å². The number of primary amides is 1. The number of carbonyl (C=O) groups excluding carboxylic acids is 1. The van der Waals surface area contributed by atoms with Gasteiger partial charge in [-0.2, -0.15) is 0 Å². The molecule has 1 atom stereocenters. The van der Waals surface area contributed by atoms with E-state index < -0.39 is 0 Å². The first-order valence-electron chi connectivity index (χ1n) is 23.0. The van der Waals surface area contributed by atoms with Gasteiger partial charge < -0.3 is 5.73 Å². The number of halogens is 1. The van der Waals surface area contributed by atoms with Crippen molar-refractivity contribution in [1.82, 2.24) is 0 Å². The zero-order chi connectivity index (χ0) is 36.1. The molecule has 50 heavy (non-hydrogen) atoms. The molecule has 0 aliphatic rings. The molecule has 0 bridgehead atoms. The lowest BCUT2D eigenvalue weighted by molar-refractivity contribution is -0.118. The van der Waals surface area contributed by atoms with Crippen LogP contribution in [0.2, 0.25) is 0 Å². The van der Waals surface area contributed by atoms with Crippen LogP contribution in [0.5, 0.6) is 0 Å². The van der Waals surface area contributed by atoms with Crippen LogP contribution in [0.25, 0.3) is 0 Å². The van der Waals surface area contributed by atoms with Crippen molar-refractivity contribution in [2.45, 2.75) is 278 Å². The quantitative estimate of drug-likeness (QED) is 0.0496. The zero-order valence-electron chi connectivity index (χ0n) is 35.2. The predicted molar refractivity (Wildman–Crippen MR) is 232 cm³/mol. The molecule has 1 amide bonds. The fraction of sp³-hybridized carbons (Fsp3) is 0.936. The van der Waals surface area contributed by atoms with Crippen LogP contribution < -0.4 is 5.73 Å². The molecule has 0 aromatic heterocycles. The molecule has 2 nitrogen and oxygen atoms in total. The maximum absolute atomic E-state index is 10.5. The van der Waals surface area contributed by atoms with Gasteiger partial charge in [-0.05, 0) is 38.0 Å². The van der Waals surface area contributed by atoms with E-state index in [2.05, 4.69) is 39.8 Å². The van der Waals surface area contributed by atoms with E-state index in [1.165, 1.54) is 231 Å². The third kappa shape index (κ3) is 51.9. The highest BCUT2D eigenvalue weighted by molar-refractivity contribution is 5.85. The Kier molecular flexibility index (Phi) is 54.5. The van der Waals surface area contributed by atoms with E-state index in [4.69, 9.17) is 5.73 Å². The molecule has 0 aromatic rings. The minimum Gasteiger partial charge on any atom is -0.370 e. The zero-order valence-corrected chi connectivity index (χ0v) is 36.0. The van der Waals surface area contributed by atoms with Crippen LogP contribution in [-0.2, 0) is 4.79 Å². The molecule has 0 spiro atoms. The van der Waals surface area contributed by atoms with Crippen LogP contribution in [0.4, 0.5) is 0 Å². The van der Waals surface area contributed by atoms with Gasteiger partial charge in [-0.15, -0.1) is 12.4 Å². The molecule has 0 aromatic carbocycles. The standard InChI is InChI=1S/C29H60.C18H35NO.ClH/c1-4-7-10-12-14-16-17-19-21-23-25-28-29(26-9-6-3)27-24-22-20-18-15-13-11-8-5-2;1-2-3-4-5-6-7-8-9-10-11-12-13-14-15-16-17-18(19)20;/h29H,4-28H2,1-3H3;9-10H,2-8,11-17H2,1H3,(H2,19,20);1H/b;10-9-;. The lowest BCUT2D eigenvalue weighted by atomic mass is 9.90. The molecule has 1 unspecified atom stereocenters. The van der Waals surface area contributed by atoms with Crippen LogP contribution in [0.15, 0.2) is 12.2 Å². The first-order chi connectivity index (χ1) is 24.1. The van der Waals surface area contributed by atoms with Gasteiger partial charge in [-0.3, -0.25) is 4.79 Å². The molecule has 0 aliphatic heterocycles. The van der Waals surface area contributed by atoms with Crippen molar-refractivity contribution in [2.24, 2.45) is 11.7 Å². The summed E-state index contributed by atoms with van der Waals surface area (Å²) in [6.45, 7) is 9.24. The molecule has 3 heteroatoms. The van der Waals surface area contributed by atoms with Crippen LogP contribution in [0.1, 0.15) is 278 Å². The van der Waals surface area contributed by atoms with Gasteiger partial charge in [0.15, 0.2) is 0 Å². The van der Waals surface area contributed by atoms with Gasteiger partial charge in [0.2, 0.25) is 5.91 Å². The monoisotopic (exact) mass is 726 g/mol. The minimum atomic E-state index is -0.164. The number of nitrogens with two attached hydrogens (primary N) is 1. The molecule has 0 rings (SSSR count). The van der Waals surface area contributed by atoms with E-state index >= 15 is 0 Å². The summed E-state index contributed by atoms with van der Waals surface area (Å²) >= 11 is 0. The molecule has 2 N–H and O–H groups in total. The SMILES string of the molecule is CCCCCCCC/C=C\CCCCCCCC(N)=O.CCCCCCCCCCCCCC(CCCC)CCCCCCCCCCC.Cl. The number of hydrogen-bond acceptors (Lipinski definition) is 1. The molecule has 0 saturated carbocycles. The van der Waals surface area contributed by atoms with Crippen molar-refractivity contribution in [2.75, 3.05) is 0 Å². The summed E-state index contributed by atoms with van der Waals surface area (Å²) in [5.41, 5.74) is 5.10. The second-order valence-corrected chi connectivity index (χ2v) is 15.8. The molecule has 0 radical (unpaired) electrons. The molecule has 0 fully saturated rings. The Labute approximate surface area is 323 Å². The number of rotatable bonds is 40. The first-order valence-corrected chi connectivity index (χ1v) is 23.0. The van der Waals surface area contributed by atoms with Crippen LogP contribution in [-0.4, -0.2) is 5.91 Å². The van der Waals surface area contributed by atoms with E-state index in [9.17, 15) is 4.79 Å². The fourth-order valence-electron chi connectivity index (χ4n) is 7.14. The third-order valence-electron chi connectivity index (χ3n) is 10.6. The van der Waals surface area contributed by atoms with Crippen molar-refractivity contribution in [3.63, 3.8) is 0 Å². The van der Waals surface area contributed by atoms with E-state index in [0.717, 1.165) is 18.8 Å². The van der Waals surface area contributed by atoms with Crippen molar-refractivity contribution in [1.29, 1.82) is 0 Å². The summed E-state index contributed by atoms with van der Waals surface area (Å²) in [6.07, 6.45) is 58.7. The Balaban J connectivity index is -0.000000924. The Morgan fingerprint density at radius 3 is 0.960 bits per heavy atom. The van der Waals surface area contributed by atoms with Gasteiger partial charge in [-0.25, -0.2) is 0 Å². The van der Waals surface area contributed by atoms with E-state index in [0.29, 0.717) is 6.42 Å². The highest BCUT2D eigenvalue weighted by Gasteiger charge is 2.08. The normalized spacial score (nSPS) is 11.8. The van der Waals surface area contributed by atoms with E-state index in [1.807, 2.05) is 0 Å². The first kappa shape index (κ1) is 53.8. The molecular weight excluding hydrogens is 630 g/mol. The van der Waals surface area contributed by atoms with Crippen molar-refractivity contribution in [3.05, 3.63) is 12.2 Å². The predicted octanol–water partition coefficient (Wildman–Crippen LogP) is 17.3. The molecule has 0 saturated heterocycles. The molecule has 0 heterocycles. The number of unbranched alkanes of at least 4 members (excludes halogenated alkanes) is 30. The van der Waals surface area contributed by atoms with Crippen LogP contribution in [0.3, 0.4) is 0 Å². The maximum Gasteiger partial charge on any atom is 0.217 e. The number of hydrogen-bond donors (Lipinski definition) is 1. The summed E-state index contributed by atoms with van der Waals surface area (Å²) < 4.78 is 0. The van der Waals surface area contributed by atoms with Gasteiger partial charge >= 0.3 is 0 Å². The van der Waals surface area contributed by atoms with Gasteiger partial charge in [-0.1, -0.05) is 252 Å². The maximum atomic E-state index is 10.5. The largest absolute Gasteiger partial charge is 0.370 e. The molecular formula is C47H96ClNO. The van der Waals surface area contributed by atoms with E-state index in [-0.39, 0.29) is 18.3 Å². The molecule has 302 valence electrons. The highest BCUT2D eigenvalue weighted by Crippen LogP contribution is 2.24. The number of amides is 1. The van der Waals surface area contributed by atoms with Crippen LogP contribution in [0, 0.1) is 5.92 Å². The lowest BCUT2D eigenvalue weighted by Crippen LogP contribution is -2.09.